The van der Waals surface area contributed by atoms with Crippen LogP contribution in [0.3, 0.4) is 0 Å². The maximum absolute atomic E-state index is 10.2. The molecule has 0 amide bonds. The van der Waals surface area contributed by atoms with E-state index in [4.69, 9.17) is 4.43 Å². The molecule has 2 nitrogen and oxygen atoms in total. The summed E-state index contributed by atoms with van der Waals surface area (Å²) in [6, 6.07) is 3.66. The second-order valence-electron chi connectivity index (χ2n) is 4.72. The number of Topliss-reactive ketones (excluding diaryl/α,β-unsaturated/α-hetero) is 1. The van der Waals surface area contributed by atoms with Crippen molar-refractivity contribution in [3.05, 3.63) is 24.8 Å². The average molecular weight is 268 g/mol. The van der Waals surface area contributed by atoms with Crippen molar-refractivity contribution in [2.24, 2.45) is 0 Å². The number of hydrogen-bond acceptors (Lipinski definition) is 2. The van der Waals surface area contributed by atoms with Crippen LogP contribution < -0.4 is 0 Å². The van der Waals surface area contributed by atoms with Crippen LogP contribution in [0.5, 0.6) is 0 Å². The van der Waals surface area contributed by atoms with E-state index < -0.39 is 8.32 Å². The maximum Gasteiger partial charge on any atom is 0.192 e. The number of allylic oxidation sites excluding steroid dienone is 2. The summed E-state index contributed by atoms with van der Waals surface area (Å²) in [7, 11) is -1.37. The van der Waals surface area contributed by atoms with Crippen molar-refractivity contribution in [2.75, 3.05) is 0 Å². The van der Waals surface area contributed by atoms with E-state index in [1.807, 2.05) is 18.2 Å². The normalized spacial score (nSPS) is 16.1. The summed E-state index contributed by atoms with van der Waals surface area (Å²) in [5.41, 5.74) is 0. The van der Waals surface area contributed by atoms with Crippen LogP contribution >= 0.6 is 0 Å². The third kappa shape index (κ3) is 6.31. The van der Waals surface area contributed by atoms with Gasteiger partial charge in [-0.2, -0.15) is 0 Å². The average Bonchev–Trinajstić information content (AvgIpc) is 2.88. The van der Waals surface area contributed by atoms with Crippen LogP contribution in [0.4, 0.5) is 0 Å². The molecule has 1 aliphatic rings. The van der Waals surface area contributed by atoms with E-state index in [9.17, 15) is 4.79 Å². The molecule has 0 bridgehead atoms. The topological polar surface area (TPSA) is 26.3 Å². The van der Waals surface area contributed by atoms with E-state index in [2.05, 4.69) is 34.3 Å². The first-order valence-electron chi connectivity index (χ1n) is 7.00. The molecule has 3 heteroatoms. The van der Waals surface area contributed by atoms with Crippen LogP contribution in [-0.4, -0.2) is 20.2 Å². The first-order valence-corrected chi connectivity index (χ1v) is 9.53. The highest BCUT2D eigenvalue weighted by atomic mass is 28.4. The lowest BCUT2D eigenvalue weighted by atomic mass is 10.3. The molecule has 0 fully saturated rings. The van der Waals surface area contributed by atoms with Gasteiger partial charge < -0.3 is 4.43 Å². The lowest BCUT2D eigenvalue weighted by molar-refractivity contribution is -0.116. The Bertz CT molecular complexity index is 262. The highest BCUT2D eigenvalue weighted by Crippen LogP contribution is 2.23. The van der Waals surface area contributed by atoms with Crippen molar-refractivity contribution in [3.63, 3.8) is 0 Å². The molecule has 0 aromatic carbocycles. The molecule has 0 radical (unpaired) electrons. The summed E-state index contributed by atoms with van der Waals surface area (Å²) in [5.74, 6) is 0.343. The van der Waals surface area contributed by atoms with E-state index >= 15 is 0 Å². The zero-order valence-corrected chi connectivity index (χ0v) is 13.4. The van der Waals surface area contributed by atoms with Crippen LogP contribution in [0.1, 0.15) is 40.5 Å². The molecule has 1 rings (SSSR count). The molecule has 0 N–H and O–H groups in total. The summed E-state index contributed by atoms with van der Waals surface area (Å²) in [6.45, 7) is 12.6. The predicted octanol–water partition coefficient (Wildman–Crippen LogP) is 4.49. The summed E-state index contributed by atoms with van der Waals surface area (Å²) >= 11 is 0. The van der Waals surface area contributed by atoms with Gasteiger partial charge >= 0.3 is 0 Å². The quantitative estimate of drug-likeness (QED) is 0.524. The van der Waals surface area contributed by atoms with E-state index in [1.54, 1.807) is 0 Å². The Kier molecular flexibility index (Phi) is 8.94. The van der Waals surface area contributed by atoms with Gasteiger partial charge in [0.15, 0.2) is 8.32 Å². The minimum Gasteiger partial charge on any atom is -0.411 e. The first-order chi connectivity index (χ1) is 8.53. The minimum absolute atomic E-state index is 0.233. The molecule has 0 saturated carbocycles. The van der Waals surface area contributed by atoms with Crippen molar-refractivity contribution < 1.29 is 9.22 Å². The molecule has 1 atom stereocenters. The number of hydrogen-bond donors (Lipinski definition) is 0. The molecule has 18 heavy (non-hydrogen) atoms. The van der Waals surface area contributed by atoms with Crippen molar-refractivity contribution in [2.45, 2.75) is 64.8 Å². The summed E-state index contributed by atoms with van der Waals surface area (Å²) < 4.78 is 6.06. The Hall–Kier alpha value is -0.673. The van der Waals surface area contributed by atoms with Crippen LogP contribution in [0, 0.1) is 0 Å². The van der Waals surface area contributed by atoms with Crippen LogP contribution in [-0.2, 0) is 9.22 Å². The highest BCUT2D eigenvalue weighted by Gasteiger charge is 2.29. The SMILES string of the molecule is C=CC(C)O[Si](CC)(CC)CC.O=C1CC=CC1. The van der Waals surface area contributed by atoms with Gasteiger partial charge in [-0.3, -0.25) is 4.79 Å². The number of rotatable bonds is 6. The zero-order valence-electron chi connectivity index (χ0n) is 12.4. The lowest BCUT2D eigenvalue weighted by Crippen LogP contribution is -2.38. The van der Waals surface area contributed by atoms with Gasteiger partial charge in [-0.05, 0) is 25.1 Å². The molecule has 1 unspecified atom stereocenters. The molecular formula is C15H28O2Si. The van der Waals surface area contributed by atoms with Crippen molar-refractivity contribution in [1.29, 1.82) is 0 Å². The van der Waals surface area contributed by atoms with Gasteiger partial charge in [0.05, 0.1) is 6.10 Å². The molecule has 104 valence electrons. The van der Waals surface area contributed by atoms with Crippen molar-refractivity contribution >= 4 is 14.1 Å². The van der Waals surface area contributed by atoms with Crippen LogP contribution in [0.25, 0.3) is 0 Å². The predicted molar refractivity (Wildman–Crippen MR) is 81.3 cm³/mol. The molecule has 0 saturated heterocycles. The Morgan fingerprint density at radius 2 is 1.72 bits per heavy atom. The highest BCUT2D eigenvalue weighted by molar-refractivity contribution is 6.73. The van der Waals surface area contributed by atoms with E-state index in [-0.39, 0.29) is 6.10 Å². The smallest absolute Gasteiger partial charge is 0.192 e. The van der Waals surface area contributed by atoms with Gasteiger partial charge in [-0.25, -0.2) is 0 Å². The second kappa shape index (κ2) is 9.28. The van der Waals surface area contributed by atoms with Gasteiger partial charge in [0.1, 0.15) is 5.78 Å². The summed E-state index contributed by atoms with van der Waals surface area (Å²) in [4.78, 5) is 10.2. The maximum atomic E-state index is 10.2. The summed E-state index contributed by atoms with van der Waals surface area (Å²) in [5, 5.41) is 0. The van der Waals surface area contributed by atoms with E-state index in [0.29, 0.717) is 18.6 Å². The lowest BCUT2D eigenvalue weighted by Gasteiger charge is -2.30. The van der Waals surface area contributed by atoms with Crippen molar-refractivity contribution in [3.8, 4) is 0 Å². The largest absolute Gasteiger partial charge is 0.411 e. The fraction of sp³-hybridized carbons (Fsp3) is 0.667. The Labute approximate surface area is 113 Å². The molecule has 1 aliphatic carbocycles. The third-order valence-corrected chi connectivity index (χ3v) is 8.30. The number of carbonyl (C=O) groups is 1. The van der Waals surface area contributed by atoms with Gasteiger partial charge in [0.25, 0.3) is 0 Å². The minimum atomic E-state index is -1.37. The van der Waals surface area contributed by atoms with Gasteiger partial charge in [-0.15, -0.1) is 6.58 Å². The van der Waals surface area contributed by atoms with E-state index in [0.717, 1.165) is 0 Å². The number of ketones is 1. The Balaban J connectivity index is 0.000000397. The standard InChI is InChI=1S/C10H22OSi.C5H6O/c1-6-10(5)11-12(7-2,8-3)9-4;6-5-3-1-2-4-5/h6,10H,1,7-9H2,2-5H3;1-2H,3-4H2. The van der Waals surface area contributed by atoms with Gasteiger partial charge in [-0.1, -0.05) is 39.0 Å². The Morgan fingerprint density at radius 1 is 1.28 bits per heavy atom. The van der Waals surface area contributed by atoms with Crippen LogP contribution in [0.15, 0.2) is 24.8 Å². The molecule has 0 aromatic heterocycles. The molecule has 0 heterocycles. The van der Waals surface area contributed by atoms with Gasteiger partial charge in [0.2, 0.25) is 0 Å². The molecule has 0 spiro atoms. The Morgan fingerprint density at radius 3 is 1.94 bits per heavy atom. The third-order valence-electron chi connectivity index (χ3n) is 3.56. The fourth-order valence-electron chi connectivity index (χ4n) is 1.96. The van der Waals surface area contributed by atoms with Gasteiger partial charge in [0, 0.05) is 12.8 Å². The zero-order chi connectivity index (χ0) is 14.0. The monoisotopic (exact) mass is 268 g/mol. The second-order valence-corrected chi connectivity index (χ2v) is 9.44. The first kappa shape index (κ1) is 17.3. The van der Waals surface area contributed by atoms with Crippen molar-refractivity contribution in [1.82, 2.24) is 0 Å². The molecular weight excluding hydrogens is 240 g/mol. The fourth-order valence-corrected chi connectivity index (χ4v) is 4.84. The summed E-state index contributed by atoms with van der Waals surface area (Å²) in [6.07, 6.45) is 7.27. The molecule has 0 aromatic rings. The molecule has 0 aliphatic heterocycles. The van der Waals surface area contributed by atoms with Crippen LogP contribution in [0.2, 0.25) is 18.1 Å². The number of carbonyl (C=O) groups excluding carboxylic acids is 1. The van der Waals surface area contributed by atoms with E-state index in [1.165, 1.54) is 18.1 Å².